The summed E-state index contributed by atoms with van der Waals surface area (Å²) in [7, 11) is 0. The van der Waals surface area contributed by atoms with E-state index in [1.807, 2.05) is 17.5 Å². The van der Waals surface area contributed by atoms with E-state index in [9.17, 15) is 14.7 Å². The Morgan fingerprint density at radius 2 is 2.26 bits per heavy atom. The van der Waals surface area contributed by atoms with Crippen molar-refractivity contribution >= 4 is 29.0 Å². The summed E-state index contributed by atoms with van der Waals surface area (Å²) in [4.78, 5) is 24.5. The summed E-state index contributed by atoms with van der Waals surface area (Å²) in [5.41, 5.74) is -1.12. The molecule has 0 saturated heterocycles. The van der Waals surface area contributed by atoms with Crippen molar-refractivity contribution in [2.45, 2.75) is 25.4 Å². The summed E-state index contributed by atoms with van der Waals surface area (Å²) < 4.78 is 4.81. The second-order valence-corrected chi connectivity index (χ2v) is 6.58. The molecule has 1 saturated carbocycles. The number of aliphatic hydroxyl groups is 1. The van der Waals surface area contributed by atoms with Gasteiger partial charge in [-0.15, -0.1) is 11.3 Å². The molecule has 2 amide bonds. The number of thiophene rings is 1. The topological polar surface area (TPSA) is 104 Å². The zero-order valence-corrected chi connectivity index (χ0v) is 13.4. The highest BCUT2D eigenvalue weighted by atomic mass is 32.1. The van der Waals surface area contributed by atoms with Crippen LogP contribution in [0.25, 0.3) is 0 Å². The maximum absolute atomic E-state index is 11.9. The molecule has 0 aromatic carbocycles. The number of aromatic nitrogens is 1. The van der Waals surface area contributed by atoms with Crippen LogP contribution in [0.15, 0.2) is 28.1 Å². The molecule has 0 bridgehead atoms. The largest absolute Gasteiger partial charge is 0.382 e. The van der Waals surface area contributed by atoms with Gasteiger partial charge in [0.2, 0.25) is 0 Å². The van der Waals surface area contributed by atoms with E-state index in [-0.39, 0.29) is 18.3 Å². The van der Waals surface area contributed by atoms with E-state index in [0.717, 1.165) is 17.7 Å². The molecular formula is C15H17N3O4S. The van der Waals surface area contributed by atoms with Gasteiger partial charge in [0.15, 0.2) is 5.82 Å². The molecule has 2 aromatic heterocycles. The number of anilines is 1. The molecule has 1 aliphatic rings. The van der Waals surface area contributed by atoms with Crippen LogP contribution < -0.4 is 10.6 Å². The van der Waals surface area contributed by atoms with Crippen molar-refractivity contribution in [3.63, 3.8) is 0 Å². The van der Waals surface area contributed by atoms with Crippen molar-refractivity contribution in [2.24, 2.45) is 5.92 Å². The summed E-state index contributed by atoms with van der Waals surface area (Å²) in [5, 5.41) is 21.2. The first-order chi connectivity index (χ1) is 11.0. The second kappa shape index (κ2) is 6.13. The molecule has 23 heavy (non-hydrogen) atoms. The number of aryl methyl sites for hydroxylation is 1. The van der Waals surface area contributed by atoms with Gasteiger partial charge in [0.05, 0.1) is 6.54 Å². The van der Waals surface area contributed by atoms with Crippen molar-refractivity contribution < 1.29 is 19.2 Å². The van der Waals surface area contributed by atoms with Crippen LogP contribution in [-0.2, 0) is 15.2 Å². The molecule has 3 N–H and O–H groups in total. The Balaban J connectivity index is 1.60. The summed E-state index contributed by atoms with van der Waals surface area (Å²) in [5.74, 6) is -0.841. The lowest BCUT2D eigenvalue weighted by atomic mass is 9.95. The minimum atomic E-state index is -1.12. The number of nitrogens with zero attached hydrogens (tertiary/aromatic N) is 1. The zero-order chi connectivity index (χ0) is 16.4. The first-order valence-electron chi connectivity index (χ1n) is 7.28. The summed E-state index contributed by atoms with van der Waals surface area (Å²) in [6.45, 7) is 1.68. The molecule has 0 spiro atoms. The molecule has 0 aliphatic heterocycles. The second-order valence-electron chi connectivity index (χ2n) is 5.64. The van der Waals surface area contributed by atoms with E-state index in [1.54, 1.807) is 6.92 Å². The number of amides is 2. The predicted molar refractivity (Wildman–Crippen MR) is 83.8 cm³/mol. The Labute approximate surface area is 136 Å². The van der Waals surface area contributed by atoms with Gasteiger partial charge in [-0.2, -0.15) is 0 Å². The van der Waals surface area contributed by atoms with Crippen LogP contribution in [0, 0.1) is 12.8 Å². The zero-order valence-electron chi connectivity index (χ0n) is 12.5. The Bertz CT molecular complexity index is 708. The molecular weight excluding hydrogens is 318 g/mol. The van der Waals surface area contributed by atoms with Gasteiger partial charge in [0.1, 0.15) is 11.4 Å². The molecule has 8 heteroatoms. The van der Waals surface area contributed by atoms with E-state index in [0.29, 0.717) is 5.76 Å². The van der Waals surface area contributed by atoms with Gasteiger partial charge in [-0.3, -0.25) is 14.9 Å². The lowest BCUT2D eigenvalue weighted by Gasteiger charge is -2.27. The fraction of sp³-hybridized carbons (Fsp3) is 0.400. The van der Waals surface area contributed by atoms with Gasteiger partial charge in [0, 0.05) is 10.9 Å². The molecule has 122 valence electrons. The Kier molecular flexibility index (Phi) is 4.18. The number of hydrogen-bond donors (Lipinski definition) is 3. The predicted octanol–water partition coefficient (Wildman–Crippen LogP) is 1.40. The third-order valence-corrected chi connectivity index (χ3v) is 4.83. The van der Waals surface area contributed by atoms with Crippen molar-refractivity contribution in [3.8, 4) is 0 Å². The molecule has 1 fully saturated rings. The standard InChI is InChI=1S/C15H17N3O4S/c1-9-7-12(18-22-9)17-14(20)13(19)16-8-15(21,10-4-5-10)11-3-2-6-23-11/h2-3,6-7,10,21H,4-5,8H2,1H3,(H,16,19)(H,17,18,20)/t15-/m0/s1. The highest BCUT2D eigenvalue weighted by molar-refractivity contribution is 7.10. The molecule has 0 unspecified atom stereocenters. The fourth-order valence-corrected chi connectivity index (χ4v) is 3.32. The maximum atomic E-state index is 11.9. The van der Waals surface area contributed by atoms with Crippen molar-refractivity contribution in [1.29, 1.82) is 0 Å². The summed E-state index contributed by atoms with van der Waals surface area (Å²) >= 11 is 1.44. The van der Waals surface area contributed by atoms with Gasteiger partial charge < -0.3 is 14.9 Å². The lowest BCUT2D eigenvalue weighted by molar-refractivity contribution is -0.137. The van der Waals surface area contributed by atoms with E-state index in [1.165, 1.54) is 17.4 Å². The maximum Gasteiger partial charge on any atom is 0.314 e. The van der Waals surface area contributed by atoms with Gasteiger partial charge in [-0.05, 0) is 37.1 Å². The molecule has 1 atom stereocenters. The van der Waals surface area contributed by atoms with Crippen molar-refractivity contribution in [3.05, 3.63) is 34.2 Å². The van der Waals surface area contributed by atoms with Crippen LogP contribution in [0.1, 0.15) is 23.5 Å². The first-order valence-corrected chi connectivity index (χ1v) is 8.16. The fourth-order valence-electron chi connectivity index (χ4n) is 2.41. The molecule has 7 nitrogen and oxygen atoms in total. The Morgan fingerprint density at radius 1 is 1.48 bits per heavy atom. The third kappa shape index (κ3) is 3.43. The quantitative estimate of drug-likeness (QED) is 0.716. The average Bonchev–Trinajstić information content (AvgIpc) is 3.08. The Hall–Kier alpha value is -2.19. The van der Waals surface area contributed by atoms with Crippen LogP contribution in [0.3, 0.4) is 0 Å². The molecule has 1 aliphatic carbocycles. The minimum absolute atomic E-state index is 0.00226. The number of carbonyl (C=O) groups is 2. The molecule has 2 heterocycles. The van der Waals surface area contributed by atoms with Gasteiger partial charge in [0.25, 0.3) is 0 Å². The normalized spacial score (nSPS) is 16.6. The van der Waals surface area contributed by atoms with Crippen LogP contribution >= 0.6 is 11.3 Å². The van der Waals surface area contributed by atoms with Crippen LogP contribution in [-0.4, -0.2) is 28.6 Å². The minimum Gasteiger partial charge on any atom is -0.382 e. The highest BCUT2D eigenvalue weighted by Crippen LogP contribution is 2.46. The molecule has 0 radical (unpaired) electrons. The molecule has 2 aromatic rings. The van der Waals surface area contributed by atoms with Crippen LogP contribution in [0.4, 0.5) is 5.82 Å². The molecule has 3 rings (SSSR count). The van der Waals surface area contributed by atoms with E-state index < -0.39 is 17.4 Å². The van der Waals surface area contributed by atoms with E-state index in [4.69, 9.17) is 4.52 Å². The highest BCUT2D eigenvalue weighted by Gasteiger charge is 2.46. The first kappa shape index (κ1) is 15.7. The smallest absolute Gasteiger partial charge is 0.314 e. The number of carbonyl (C=O) groups excluding carboxylic acids is 2. The average molecular weight is 335 g/mol. The number of nitrogens with one attached hydrogen (secondary N) is 2. The van der Waals surface area contributed by atoms with Crippen LogP contribution in [0.2, 0.25) is 0 Å². The van der Waals surface area contributed by atoms with Crippen LogP contribution in [0.5, 0.6) is 0 Å². The lowest BCUT2D eigenvalue weighted by Crippen LogP contribution is -2.45. The van der Waals surface area contributed by atoms with E-state index >= 15 is 0 Å². The van der Waals surface area contributed by atoms with Crippen molar-refractivity contribution in [1.82, 2.24) is 10.5 Å². The SMILES string of the molecule is Cc1cc(NC(=O)C(=O)NC[C@@](O)(c2cccs2)C2CC2)no1. The van der Waals surface area contributed by atoms with Gasteiger partial charge >= 0.3 is 11.8 Å². The Morgan fingerprint density at radius 3 is 2.83 bits per heavy atom. The van der Waals surface area contributed by atoms with E-state index in [2.05, 4.69) is 15.8 Å². The number of hydrogen-bond acceptors (Lipinski definition) is 6. The van der Waals surface area contributed by atoms with Crippen molar-refractivity contribution in [2.75, 3.05) is 11.9 Å². The summed E-state index contributed by atoms with van der Waals surface area (Å²) in [6, 6.07) is 5.21. The number of rotatable bonds is 5. The third-order valence-electron chi connectivity index (χ3n) is 3.79. The van der Waals surface area contributed by atoms with Gasteiger partial charge in [-0.1, -0.05) is 11.2 Å². The summed E-state index contributed by atoms with van der Waals surface area (Å²) in [6.07, 6.45) is 1.82. The monoisotopic (exact) mass is 335 g/mol. The van der Waals surface area contributed by atoms with Gasteiger partial charge in [-0.25, -0.2) is 0 Å².